The summed E-state index contributed by atoms with van der Waals surface area (Å²) in [5, 5.41) is 4.42. The normalized spacial score (nSPS) is 10.8. The molecule has 0 radical (unpaired) electrons. The molecule has 0 bridgehead atoms. The second-order valence-electron chi connectivity index (χ2n) is 4.57. The van der Waals surface area contributed by atoms with E-state index in [0.29, 0.717) is 18.5 Å². The zero-order chi connectivity index (χ0) is 14.5. The summed E-state index contributed by atoms with van der Waals surface area (Å²) in [7, 11) is 0. The Morgan fingerprint density at radius 1 is 1.35 bits per heavy atom. The maximum Gasteiger partial charge on any atom is 0.323 e. The first-order chi connectivity index (χ1) is 9.63. The van der Waals surface area contributed by atoms with Gasteiger partial charge in [-0.05, 0) is 18.4 Å². The van der Waals surface area contributed by atoms with Gasteiger partial charge in [0.05, 0.1) is 12.3 Å². The molecule has 0 saturated carbocycles. The molecule has 8 nitrogen and oxygen atoms in total. The predicted molar refractivity (Wildman–Crippen MR) is 74.6 cm³/mol. The monoisotopic (exact) mass is 277 g/mol. The quantitative estimate of drug-likeness (QED) is 0.605. The number of ether oxygens (including phenoxy) is 1. The molecule has 0 unspecified atom stereocenters. The van der Waals surface area contributed by atoms with E-state index in [9.17, 15) is 0 Å². The lowest BCUT2D eigenvalue weighted by Gasteiger charge is -2.07. The third kappa shape index (κ3) is 3.21. The van der Waals surface area contributed by atoms with Gasteiger partial charge in [-0.3, -0.25) is 5.43 Å². The van der Waals surface area contributed by atoms with Crippen LogP contribution in [0.2, 0.25) is 0 Å². The number of nitrogens with one attached hydrogen (secondary N) is 1. The zero-order valence-corrected chi connectivity index (χ0v) is 11.9. The molecule has 0 aliphatic carbocycles. The number of hydrogen-bond donors (Lipinski definition) is 2. The minimum atomic E-state index is 0.228. The van der Waals surface area contributed by atoms with E-state index in [1.807, 2.05) is 13.0 Å². The van der Waals surface area contributed by atoms with Gasteiger partial charge >= 0.3 is 6.01 Å². The molecule has 0 aliphatic heterocycles. The van der Waals surface area contributed by atoms with Gasteiger partial charge in [-0.25, -0.2) is 10.5 Å². The summed E-state index contributed by atoms with van der Waals surface area (Å²) >= 11 is 0. The number of nitrogens with zero attached hydrogens (tertiary/aromatic N) is 5. The van der Waals surface area contributed by atoms with Crippen LogP contribution < -0.4 is 16.0 Å². The summed E-state index contributed by atoms with van der Waals surface area (Å²) in [6, 6.07) is 2.16. The molecule has 2 rings (SSSR count). The van der Waals surface area contributed by atoms with E-state index in [1.165, 1.54) is 0 Å². The molecule has 0 atom stereocenters. The molecule has 0 aliphatic rings. The Labute approximate surface area is 117 Å². The lowest BCUT2D eigenvalue weighted by atomic mass is 10.1. The molecule has 20 heavy (non-hydrogen) atoms. The molecule has 3 N–H and O–H groups in total. The summed E-state index contributed by atoms with van der Waals surface area (Å²) < 4.78 is 7.00. The minimum absolute atomic E-state index is 0.228. The maximum absolute atomic E-state index is 5.42. The van der Waals surface area contributed by atoms with E-state index < -0.39 is 0 Å². The molecular formula is C12H19N7O. The largest absolute Gasteiger partial charge is 0.463 e. The van der Waals surface area contributed by atoms with Crippen LogP contribution in [0, 0.1) is 0 Å². The van der Waals surface area contributed by atoms with Crippen molar-refractivity contribution in [2.45, 2.75) is 33.1 Å². The van der Waals surface area contributed by atoms with Gasteiger partial charge in [-0.15, -0.1) is 0 Å². The molecule has 0 fully saturated rings. The van der Waals surface area contributed by atoms with Gasteiger partial charge in [-0.1, -0.05) is 20.8 Å². The standard InChI is InChI=1S/C12H19N7O/c1-4-7-20-12-15-10(17-13)14-11(16-12)19-6-5-9(18-19)8(2)3/h5-6,8H,4,7,13H2,1-3H3,(H,14,15,16,17). The van der Waals surface area contributed by atoms with Crippen molar-refractivity contribution >= 4 is 5.95 Å². The Kier molecular flexibility index (Phi) is 4.46. The Morgan fingerprint density at radius 3 is 2.75 bits per heavy atom. The first-order valence-corrected chi connectivity index (χ1v) is 6.55. The molecule has 8 heteroatoms. The highest BCUT2D eigenvalue weighted by molar-refractivity contribution is 5.28. The van der Waals surface area contributed by atoms with Crippen molar-refractivity contribution in [3.05, 3.63) is 18.0 Å². The average Bonchev–Trinajstić information content (AvgIpc) is 2.94. The summed E-state index contributed by atoms with van der Waals surface area (Å²) in [5.41, 5.74) is 3.36. The third-order valence-electron chi connectivity index (χ3n) is 2.57. The van der Waals surface area contributed by atoms with Crippen molar-refractivity contribution in [2.24, 2.45) is 5.84 Å². The van der Waals surface area contributed by atoms with Gasteiger partial charge in [-0.2, -0.15) is 20.1 Å². The van der Waals surface area contributed by atoms with Gasteiger partial charge in [0.2, 0.25) is 5.95 Å². The molecule has 0 spiro atoms. The molecule has 2 aromatic heterocycles. The van der Waals surface area contributed by atoms with Gasteiger partial charge in [0.15, 0.2) is 0 Å². The first kappa shape index (κ1) is 14.2. The SMILES string of the molecule is CCCOc1nc(NN)nc(-n2ccc(C(C)C)n2)n1. The topological polar surface area (TPSA) is 104 Å². The van der Waals surface area contributed by atoms with E-state index in [0.717, 1.165) is 12.1 Å². The number of hydrazine groups is 1. The van der Waals surface area contributed by atoms with Crippen LogP contribution in [0.3, 0.4) is 0 Å². The fourth-order valence-corrected chi connectivity index (χ4v) is 1.53. The molecular weight excluding hydrogens is 258 g/mol. The van der Waals surface area contributed by atoms with E-state index in [2.05, 4.69) is 39.3 Å². The second-order valence-corrected chi connectivity index (χ2v) is 4.57. The van der Waals surface area contributed by atoms with Crippen molar-refractivity contribution in [2.75, 3.05) is 12.0 Å². The Bertz CT molecular complexity index is 567. The van der Waals surface area contributed by atoms with Gasteiger partial charge in [0.25, 0.3) is 5.95 Å². The van der Waals surface area contributed by atoms with Gasteiger partial charge in [0.1, 0.15) is 0 Å². The average molecular weight is 277 g/mol. The molecule has 2 heterocycles. The third-order valence-corrected chi connectivity index (χ3v) is 2.57. The van der Waals surface area contributed by atoms with Crippen LogP contribution >= 0.6 is 0 Å². The Balaban J connectivity index is 2.33. The highest BCUT2D eigenvalue weighted by Crippen LogP contribution is 2.14. The smallest absolute Gasteiger partial charge is 0.323 e. The lowest BCUT2D eigenvalue weighted by molar-refractivity contribution is 0.291. The van der Waals surface area contributed by atoms with Crippen LogP contribution in [0.15, 0.2) is 12.3 Å². The van der Waals surface area contributed by atoms with Crippen molar-refractivity contribution < 1.29 is 4.74 Å². The molecule has 0 aromatic carbocycles. The van der Waals surface area contributed by atoms with E-state index in [-0.39, 0.29) is 12.0 Å². The number of nitrogens with two attached hydrogens (primary N) is 1. The lowest BCUT2D eigenvalue weighted by Crippen LogP contribution is -2.15. The van der Waals surface area contributed by atoms with Gasteiger partial charge < -0.3 is 4.74 Å². The van der Waals surface area contributed by atoms with Crippen LogP contribution in [0.1, 0.15) is 38.8 Å². The number of anilines is 1. The van der Waals surface area contributed by atoms with Crippen molar-refractivity contribution in [3.63, 3.8) is 0 Å². The van der Waals surface area contributed by atoms with Crippen LogP contribution in [0.25, 0.3) is 5.95 Å². The van der Waals surface area contributed by atoms with Crippen LogP contribution in [0.5, 0.6) is 6.01 Å². The van der Waals surface area contributed by atoms with Crippen molar-refractivity contribution in [1.82, 2.24) is 24.7 Å². The van der Waals surface area contributed by atoms with E-state index in [4.69, 9.17) is 10.6 Å². The summed E-state index contributed by atoms with van der Waals surface area (Å²) in [6.07, 6.45) is 2.67. The highest BCUT2D eigenvalue weighted by Gasteiger charge is 2.11. The van der Waals surface area contributed by atoms with E-state index in [1.54, 1.807) is 10.9 Å². The Hall–Kier alpha value is -2.22. The number of nitrogen functional groups attached to an aromatic ring is 1. The Morgan fingerprint density at radius 2 is 2.15 bits per heavy atom. The van der Waals surface area contributed by atoms with E-state index >= 15 is 0 Å². The summed E-state index contributed by atoms with van der Waals surface area (Å²) in [5.74, 6) is 6.30. The van der Waals surface area contributed by atoms with Crippen LogP contribution in [-0.2, 0) is 0 Å². The molecule has 108 valence electrons. The van der Waals surface area contributed by atoms with Gasteiger partial charge in [0, 0.05) is 6.20 Å². The molecule has 0 amide bonds. The van der Waals surface area contributed by atoms with Crippen molar-refractivity contribution in [1.29, 1.82) is 0 Å². The molecule has 0 saturated heterocycles. The predicted octanol–water partition coefficient (Wildman–Crippen LogP) is 1.26. The highest BCUT2D eigenvalue weighted by atomic mass is 16.5. The van der Waals surface area contributed by atoms with Crippen LogP contribution in [0.4, 0.5) is 5.95 Å². The first-order valence-electron chi connectivity index (χ1n) is 6.55. The fourth-order valence-electron chi connectivity index (χ4n) is 1.53. The second kappa shape index (κ2) is 6.29. The van der Waals surface area contributed by atoms with Crippen LogP contribution in [-0.4, -0.2) is 31.3 Å². The maximum atomic E-state index is 5.42. The minimum Gasteiger partial charge on any atom is -0.463 e. The fraction of sp³-hybridized carbons (Fsp3) is 0.500. The number of rotatable bonds is 6. The zero-order valence-electron chi connectivity index (χ0n) is 11.9. The van der Waals surface area contributed by atoms with Crippen molar-refractivity contribution in [3.8, 4) is 12.0 Å². The summed E-state index contributed by atoms with van der Waals surface area (Å²) in [6.45, 7) is 6.68. The number of aromatic nitrogens is 5. The molecule has 2 aromatic rings. The number of hydrogen-bond acceptors (Lipinski definition) is 7. The summed E-state index contributed by atoms with van der Waals surface area (Å²) in [4.78, 5) is 12.4.